The molecule has 106 valence electrons. The zero-order valence-electron chi connectivity index (χ0n) is 10.7. The third-order valence-corrected chi connectivity index (χ3v) is 3.34. The average molecular weight is 350 g/mol. The first-order valence-corrected chi connectivity index (χ1v) is 6.85. The van der Waals surface area contributed by atoms with Crippen LogP contribution in [-0.2, 0) is 4.79 Å². The number of carbonyl (C=O) groups is 1. The van der Waals surface area contributed by atoms with Gasteiger partial charge in [0.1, 0.15) is 11.9 Å². The second-order valence-corrected chi connectivity index (χ2v) is 5.40. The number of nitrogens with one attached hydrogen (secondary N) is 2. The molecule has 1 aromatic carbocycles. The number of carbonyl (C=O) groups excluding carboxylic acids is 1. The summed E-state index contributed by atoms with van der Waals surface area (Å²) in [4.78, 5) is 11.6. The van der Waals surface area contributed by atoms with Gasteiger partial charge in [0.05, 0.1) is 12.5 Å². The van der Waals surface area contributed by atoms with E-state index in [1.165, 1.54) is 0 Å². The number of hydrogen-bond acceptors (Lipinski definition) is 3. The molecule has 1 amide bonds. The molecule has 19 heavy (non-hydrogen) atoms. The fourth-order valence-corrected chi connectivity index (χ4v) is 2.06. The van der Waals surface area contributed by atoms with Gasteiger partial charge in [0.25, 0.3) is 0 Å². The van der Waals surface area contributed by atoms with Gasteiger partial charge in [0, 0.05) is 17.6 Å². The van der Waals surface area contributed by atoms with Gasteiger partial charge in [-0.1, -0.05) is 22.0 Å². The first kappa shape index (κ1) is 16.3. The van der Waals surface area contributed by atoms with Gasteiger partial charge >= 0.3 is 0 Å². The Morgan fingerprint density at radius 2 is 2.32 bits per heavy atom. The Morgan fingerprint density at radius 3 is 2.89 bits per heavy atom. The van der Waals surface area contributed by atoms with Crippen molar-refractivity contribution in [1.29, 1.82) is 0 Å². The van der Waals surface area contributed by atoms with Crippen LogP contribution in [0.15, 0.2) is 28.7 Å². The molecule has 1 heterocycles. The Bertz CT molecular complexity index is 427. The van der Waals surface area contributed by atoms with Crippen molar-refractivity contribution in [3.8, 4) is 5.75 Å². The van der Waals surface area contributed by atoms with Crippen molar-refractivity contribution in [3.63, 3.8) is 0 Å². The maximum absolute atomic E-state index is 11.6. The van der Waals surface area contributed by atoms with Crippen molar-refractivity contribution in [1.82, 2.24) is 10.6 Å². The lowest BCUT2D eigenvalue weighted by Gasteiger charge is -2.26. The van der Waals surface area contributed by atoms with E-state index >= 15 is 0 Å². The monoisotopic (exact) mass is 348 g/mol. The molecule has 1 atom stereocenters. The molecule has 0 saturated carbocycles. The highest BCUT2D eigenvalue weighted by molar-refractivity contribution is 9.10. The van der Waals surface area contributed by atoms with E-state index in [1.54, 1.807) is 0 Å². The van der Waals surface area contributed by atoms with Crippen LogP contribution in [0.4, 0.5) is 0 Å². The first-order chi connectivity index (χ1) is 8.65. The van der Waals surface area contributed by atoms with Crippen LogP contribution in [0.5, 0.6) is 5.75 Å². The summed E-state index contributed by atoms with van der Waals surface area (Å²) in [6.07, 6.45) is -0.0451. The Hall–Kier alpha value is -0.780. The molecular formula is C13H18BrClN2O2. The maximum atomic E-state index is 11.6. The molecule has 2 rings (SSSR count). The fraction of sp³-hybridized carbons (Fsp3) is 0.462. The zero-order chi connectivity index (χ0) is 13.0. The third kappa shape index (κ3) is 5.01. The summed E-state index contributed by atoms with van der Waals surface area (Å²) < 4.78 is 6.70. The van der Waals surface area contributed by atoms with Gasteiger partial charge in [-0.25, -0.2) is 0 Å². The Labute approximate surface area is 127 Å². The van der Waals surface area contributed by atoms with Crippen LogP contribution in [0.2, 0.25) is 0 Å². The minimum atomic E-state index is -0.0451. The van der Waals surface area contributed by atoms with Gasteiger partial charge in [-0.05, 0) is 25.1 Å². The molecule has 1 aliphatic rings. The summed E-state index contributed by atoms with van der Waals surface area (Å²) in [6.45, 7) is 4.04. The topological polar surface area (TPSA) is 50.4 Å². The van der Waals surface area contributed by atoms with Crippen molar-refractivity contribution in [2.24, 2.45) is 5.92 Å². The molecule has 1 unspecified atom stereocenters. The Morgan fingerprint density at radius 1 is 1.58 bits per heavy atom. The van der Waals surface area contributed by atoms with Crippen LogP contribution in [-0.4, -0.2) is 31.6 Å². The number of hydrogen-bond donors (Lipinski definition) is 2. The Balaban J connectivity index is 0.00000180. The minimum absolute atomic E-state index is 0. The molecule has 2 N–H and O–H groups in total. The van der Waals surface area contributed by atoms with Crippen LogP contribution in [0.1, 0.15) is 6.92 Å². The van der Waals surface area contributed by atoms with E-state index in [2.05, 4.69) is 26.6 Å². The molecule has 0 aromatic heterocycles. The molecule has 0 spiro atoms. The standard InChI is InChI=1S/C13H17BrN2O2.ClH/c1-9(6-16-13(17)10-7-15-8-10)18-12-4-2-3-11(14)5-12;/h2-5,9-10,15H,6-8H2,1H3,(H,16,17);1H. The van der Waals surface area contributed by atoms with Crippen molar-refractivity contribution in [2.75, 3.05) is 19.6 Å². The molecule has 6 heteroatoms. The molecule has 1 saturated heterocycles. The summed E-state index contributed by atoms with van der Waals surface area (Å²) in [6, 6.07) is 7.68. The molecule has 0 bridgehead atoms. The van der Waals surface area contributed by atoms with Crippen LogP contribution in [0.25, 0.3) is 0 Å². The second-order valence-electron chi connectivity index (χ2n) is 4.49. The number of amides is 1. The number of halogens is 2. The van der Waals surface area contributed by atoms with Gasteiger partial charge < -0.3 is 15.4 Å². The highest BCUT2D eigenvalue weighted by atomic mass is 79.9. The number of benzene rings is 1. The van der Waals surface area contributed by atoms with Crippen molar-refractivity contribution in [3.05, 3.63) is 28.7 Å². The molecule has 0 radical (unpaired) electrons. The molecular weight excluding hydrogens is 332 g/mol. The van der Waals surface area contributed by atoms with Crippen LogP contribution in [0, 0.1) is 5.92 Å². The Kier molecular flexibility index (Phi) is 6.62. The second kappa shape index (κ2) is 7.72. The van der Waals surface area contributed by atoms with Crippen LogP contribution in [0.3, 0.4) is 0 Å². The van der Waals surface area contributed by atoms with E-state index in [-0.39, 0.29) is 30.3 Å². The van der Waals surface area contributed by atoms with Crippen molar-refractivity contribution in [2.45, 2.75) is 13.0 Å². The van der Waals surface area contributed by atoms with E-state index < -0.39 is 0 Å². The van der Waals surface area contributed by atoms with Gasteiger partial charge in [-0.15, -0.1) is 12.4 Å². The van der Waals surface area contributed by atoms with Gasteiger partial charge in [0.2, 0.25) is 5.91 Å². The van der Waals surface area contributed by atoms with Crippen LogP contribution < -0.4 is 15.4 Å². The first-order valence-electron chi connectivity index (χ1n) is 6.06. The predicted octanol–water partition coefficient (Wildman–Crippen LogP) is 1.97. The molecule has 1 aromatic rings. The molecule has 0 aliphatic carbocycles. The lowest BCUT2D eigenvalue weighted by molar-refractivity contribution is -0.126. The summed E-state index contributed by atoms with van der Waals surface area (Å²) in [5.74, 6) is 1.04. The summed E-state index contributed by atoms with van der Waals surface area (Å²) >= 11 is 3.39. The molecule has 4 nitrogen and oxygen atoms in total. The lowest BCUT2D eigenvalue weighted by atomic mass is 10.0. The normalized spacial score (nSPS) is 15.9. The van der Waals surface area contributed by atoms with Gasteiger partial charge in [-0.2, -0.15) is 0 Å². The predicted molar refractivity (Wildman–Crippen MR) is 80.8 cm³/mol. The van der Waals surface area contributed by atoms with Gasteiger partial charge in [-0.3, -0.25) is 4.79 Å². The highest BCUT2D eigenvalue weighted by Gasteiger charge is 2.24. The number of rotatable bonds is 5. The summed E-state index contributed by atoms with van der Waals surface area (Å²) in [5, 5.41) is 5.98. The third-order valence-electron chi connectivity index (χ3n) is 2.85. The zero-order valence-corrected chi connectivity index (χ0v) is 13.1. The van der Waals surface area contributed by atoms with E-state index in [9.17, 15) is 4.79 Å². The fourth-order valence-electron chi connectivity index (χ4n) is 1.68. The van der Waals surface area contributed by atoms with Crippen molar-refractivity contribution >= 4 is 34.2 Å². The van der Waals surface area contributed by atoms with Crippen molar-refractivity contribution < 1.29 is 9.53 Å². The maximum Gasteiger partial charge on any atom is 0.225 e. The van der Waals surface area contributed by atoms with E-state index in [4.69, 9.17) is 4.74 Å². The van der Waals surface area contributed by atoms with E-state index in [1.807, 2.05) is 31.2 Å². The average Bonchev–Trinajstić information content (AvgIpc) is 2.24. The summed E-state index contributed by atoms with van der Waals surface area (Å²) in [5.41, 5.74) is 0. The molecule has 1 aliphatic heterocycles. The quantitative estimate of drug-likeness (QED) is 0.854. The van der Waals surface area contributed by atoms with Gasteiger partial charge in [0.15, 0.2) is 0 Å². The molecule has 1 fully saturated rings. The smallest absolute Gasteiger partial charge is 0.225 e. The largest absolute Gasteiger partial charge is 0.489 e. The SMILES string of the molecule is CC(CNC(=O)C1CNC1)Oc1cccc(Br)c1.Cl. The minimum Gasteiger partial charge on any atom is -0.489 e. The van der Waals surface area contributed by atoms with E-state index in [0.717, 1.165) is 23.3 Å². The number of ether oxygens (including phenoxy) is 1. The lowest BCUT2D eigenvalue weighted by Crippen LogP contribution is -2.51. The summed E-state index contributed by atoms with van der Waals surface area (Å²) in [7, 11) is 0. The van der Waals surface area contributed by atoms with E-state index in [0.29, 0.717) is 6.54 Å². The highest BCUT2D eigenvalue weighted by Crippen LogP contribution is 2.18. The van der Waals surface area contributed by atoms with Crippen LogP contribution >= 0.6 is 28.3 Å².